The molecule has 11 heavy (non-hydrogen) atoms. The monoisotopic (exact) mass is 178 g/mol. The van der Waals surface area contributed by atoms with Crippen LogP contribution >= 0.6 is 11.6 Å². The number of carbonyl (C=O) groups excluding carboxylic acids is 1. The summed E-state index contributed by atoms with van der Waals surface area (Å²) in [5.41, 5.74) is -0.784. The molecule has 0 bridgehead atoms. The normalized spacial score (nSPS) is 21.6. The zero-order valence-corrected chi connectivity index (χ0v) is 7.19. The highest BCUT2D eigenvalue weighted by molar-refractivity contribution is 6.61. The van der Waals surface area contributed by atoms with Crippen molar-refractivity contribution in [3.8, 4) is 0 Å². The van der Waals surface area contributed by atoms with E-state index in [-0.39, 0.29) is 0 Å². The van der Waals surface area contributed by atoms with Crippen molar-refractivity contribution in [2.45, 2.75) is 31.5 Å². The fourth-order valence-electron chi connectivity index (χ4n) is 1.41. The lowest BCUT2D eigenvalue weighted by molar-refractivity contribution is -0.173. The molecule has 1 aliphatic rings. The van der Waals surface area contributed by atoms with Crippen LogP contribution in [0, 0.1) is 0 Å². The van der Waals surface area contributed by atoms with Gasteiger partial charge in [-0.3, -0.25) is 0 Å². The van der Waals surface area contributed by atoms with Crippen LogP contribution in [0.5, 0.6) is 0 Å². The van der Waals surface area contributed by atoms with E-state index in [4.69, 9.17) is 21.1 Å². The Kier molecular flexibility index (Phi) is 2.73. The standard InChI is InChI=1S/C7H11ClO3/c1-10-7(11-6(8)9)4-2-3-5-7/h2-5H2,1H3. The van der Waals surface area contributed by atoms with Crippen LogP contribution in [0.1, 0.15) is 25.7 Å². The average Bonchev–Trinajstić information content (AvgIpc) is 2.36. The van der Waals surface area contributed by atoms with Crippen LogP contribution in [0.25, 0.3) is 0 Å². The molecule has 64 valence electrons. The van der Waals surface area contributed by atoms with Crippen LogP contribution in [0.4, 0.5) is 4.79 Å². The van der Waals surface area contributed by atoms with E-state index >= 15 is 0 Å². The molecule has 0 radical (unpaired) electrons. The van der Waals surface area contributed by atoms with Gasteiger partial charge in [-0.2, -0.15) is 0 Å². The van der Waals surface area contributed by atoms with E-state index in [0.717, 1.165) is 25.7 Å². The second-order valence-electron chi connectivity index (χ2n) is 2.66. The van der Waals surface area contributed by atoms with E-state index in [1.807, 2.05) is 0 Å². The van der Waals surface area contributed by atoms with Crippen LogP contribution in [0.2, 0.25) is 0 Å². The lowest BCUT2D eigenvalue weighted by atomic mass is 10.2. The molecule has 0 N–H and O–H groups in total. The van der Waals surface area contributed by atoms with Gasteiger partial charge in [-0.05, 0) is 12.8 Å². The molecule has 0 unspecified atom stereocenters. The Morgan fingerprint density at radius 2 is 2.00 bits per heavy atom. The number of rotatable bonds is 2. The molecule has 3 nitrogen and oxygen atoms in total. The minimum atomic E-state index is -0.784. The second-order valence-corrected chi connectivity index (χ2v) is 2.97. The number of methoxy groups -OCH3 is 1. The van der Waals surface area contributed by atoms with Crippen LogP contribution < -0.4 is 0 Å². The summed E-state index contributed by atoms with van der Waals surface area (Å²) in [6, 6.07) is 0. The lowest BCUT2D eigenvalue weighted by Gasteiger charge is -2.25. The smallest absolute Gasteiger partial charge is 0.406 e. The minimum absolute atomic E-state index is 0.723. The Hall–Kier alpha value is -0.280. The van der Waals surface area contributed by atoms with Gasteiger partial charge < -0.3 is 9.47 Å². The summed E-state index contributed by atoms with van der Waals surface area (Å²) in [6.07, 6.45) is 3.56. The number of ether oxygens (including phenoxy) is 2. The van der Waals surface area contributed by atoms with Crippen molar-refractivity contribution in [2.24, 2.45) is 0 Å². The van der Waals surface area contributed by atoms with Crippen molar-refractivity contribution in [1.29, 1.82) is 0 Å². The third kappa shape index (κ3) is 2.07. The summed E-state index contributed by atoms with van der Waals surface area (Å²) in [5, 5.41) is 0. The maximum Gasteiger partial charge on any atom is 0.406 e. The molecule has 0 aromatic carbocycles. The van der Waals surface area contributed by atoms with Gasteiger partial charge in [-0.15, -0.1) is 0 Å². The van der Waals surface area contributed by atoms with Gasteiger partial charge >= 0.3 is 5.43 Å². The average molecular weight is 179 g/mol. The van der Waals surface area contributed by atoms with Crippen molar-refractivity contribution >= 4 is 17.0 Å². The first-order chi connectivity index (χ1) is 5.18. The highest BCUT2D eigenvalue weighted by atomic mass is 35.5. The number of carbonyl (C=O) groups is 1. The van der Waals surface area contributed by atoms with Gasteiger partial charge in [0.15, 0.2) is 0 Å². The highest BCUT2D eigenvalue weighted by Gasteiger charge is 2.37. The highest BCUT2D eigenvalue weighted by Crippen LogP contribution is 2.34. The van der Waals surface area contributed by atoms with Crippen molar-refractivity contribution in [2.75, 3.05) is 7.11 Å². The SMILES string of the molecule is COC1(OC(=O)Cl)CCCC1. The van der Waals surface area contributed by atoms with E-state index in [1.54, 1.807) is 0 Å². The van der Waals surface area contributed by atoms with Gasteiger partial charge in [0.25, 0.3) is 0 Å². The van der Waals surface area contributed by atoms with Crippen molar-refractivity contribution < 1.29 is 14.3 Å². The minimum Gasteiger partial charge on any atom is -0.421 e. The van der Waals surface area contributed by atoms with Gasteiger partial charge in [0.2, 0.25) is 5.79 Å². The molecule has 0 aliphatic heterocycles. The molecule has 1 fully saturated rings. The van der Waals surface area contributed by atoms with Crippen molar-refractivity contribution in [3.63, 3.8) is 0 Å². The fraction of sp³-hybridized carbons (Fsp3) is 0.857. The summed E-state index contributed by atoms with van der Waals surface area (Å²) < 4.78 is 9.93. The fourth-order valence-corrected chi connectivity index (χ4v) is 1.55. The van der Waals surface area contributed by atoms with E-state index in [1.165, 1.54) is 7.11 Å². The quantitative estimate of drug-likeness (QED) is 0.481. The van der Waals surface area contributed by atoms with Crippen LogP contribution in [0.15, 0.2) is 0 Å². The Bertz CT molecular complexity index is 152. The van der Waals surface area contributed by atoms with Crippen molar-refractivity contribution in [1.82, 2.24) is 0 Å². The van der Waals surface area contributed by atoms with E-state index in [2.05, 4.69) is 0 Å². The maximum absolute atomic E-state index is 10.4. The summed E-state index contributed by atoms with van der Waals surface area (Å²) >= 11 is 5.08. The first kappa shape index (κ1) is 8.81. The predicted molar refractivity (Wildman–Crippen MR) is 40.5 cm³/mol. The van der Waals surface area contributed by atoms with Gasteiger partial charge in [0.1, 0.15) is 0 Å². The van der Waals surface area contributed by atoms with E-state index < -0.39 is 11.2 Å². The van der Waals surface area contributed by atoms with Crippen molar-refractivity contribution in [3.05, 3.63) is 0 Å². The molecule has 0 atom stereocenters. The third-order valence-corrected chi connectivity index (χ3v) is 2.08. The molecule has 0 heterocycles. The second kappa shape index (κ2) is 3.41. The topological polar surface area (TPSA) is 35.5 Å². The summed E-state index contributed by atoms with van der Waals surface area (Å²) in [7, 11) is 1.53. The Labute approximate surface area is 70.6 Å². The Morgan fingerprint density at radius 3 is 2.36 bits per heavy atom. The molecular formula is C7H11ClO3. The van der Waals surface area contributed by atoms with Gasteiger partial charge in [-0.25, -0.2) is 4.79 Å². The molecule has 1 rings (SSSR count). The predicted octanol–water partition coefficient (Wildman–Crippen LogP) is 2.28. The zero-order chi connectivity index (χ0) is 8.32. The molecular weight excluding hydrogens is 168 g/mol. The largest absolute Gasteiger partial charge is 0.421 e. The Morgan fingerprint density at radius 1 is 1.45 bits per heavy atom. The number of hydrogen-bond donors (Lipinski definition) is 0. The molecule has 0 aromatic rings. The third-order valence-electron chi connectivity index (χ3n) is 2.00. The van der Waals surface area contributed by atoms with E-state index in [0.29, 0.717) is 0 Å². The lowest BCUT2D eigenvalue weighted by Crippen LogP contribution is -2.32. The molecule has 0 amide bonds. The maximum atomic E-state index is 10.4. The molecule has 4 heteroatoms. The van der Waals surface area contributed by atoms with Gasteiger partial charge in [0, 0.05) is 31.6 Å². The van der Waals surface area contributed by atoms with Crippen LogP contribution in [-0.4, -0.2) is 18.3 Å². The molecule has 0 saturated heterocycles. The molecule has 0 spiro atoms. The number of halogens is 1. The van der Waals surface area contributed by atoms with Crippen LogP contribution in [-0.2, 0) is 9.47 Å². The van der Waals surface area contributed by atoms with Crippen LogP contribution in [0.3, 0.4) is 0 Å². The summed E-state index contributed by atoms with van der Waals surface area (Å²) in [5.74, 6) is -0.723. The van der Waals surface area contributed by atoms with Gasteiger partial charge in [-0.1, -0.05) is 0 Å². The number of hydrogen-bond acceptors (Lipinski definition) is 3. The van der Waals surface area contributed by atoms with Gasteiger partial charge in [0.05, 0.1) is 0 Å². The first-order valence-corrected chi connectivity index (χ1v) is 4.00. The Balaban J connectivity index is 2.52. The molecule has 0 aromatic heterocycles. The molecule has 1 aliphatic carbocycles. The van der Waals surface area contributed by atoms with E-state index in [9.17, 15) is 4.79 Å². The zero-order valence-electron chi connectivity index (χ0n) is 6.43. The molecule has 1 saturated carbocycles. The summed E-state index contributed by atoms with van der Waals surface area (Å²) in [6.45, 7) is 0. The summed E-state index contributed by atoms with van der Waals surface area (Å²) in [4.78, 5) is 10.4. The first-order valence-electron chi connectivity index (χ1n) is 3.62.